The molecule has 0 aliphatic rings. The van der Waals surface area contributed by atoms with Gasteiger partial charge in [-0.05, 0) is 6.42 Å². The van der Waals surface area contributed by atoms with E-state index in [0.29, 0.717) is 0 Å². The first-order valence-corrected chi connectivity index (χ1v) is 4.09. The Morgan fingerprint density at radius 2 is 1.12 bits per heavy atom. The fraction of sp³-hybridized carbons (Fsp3) is 1.00. The summed E-state index contributed by atoms with van der Waals surface area (Å²) in [6.45, 7) is -1.29. The molecular weight excluding hydrogens is 271 g/mol. The molecule has 17 heavy (non-hydrogen) atoms. The van der Waals surface area contributed by atoms with Crippen LogP contribution in [0.15, 0.2) is 0 Å². The Hall–Kier alpha value is -0.670. The Morgan fingerprint density at radius 1 is 0.706 bits per heavy atom. The largest absolute Gasteiger partial charge is 0.460 e. The van der Waals surface area contributed by atoms with Crippen LogP contribution in [0, 0.1) is 0 Å². The number of hydrogen-bond donors (Lipinski definition) is 0. The molecule has 0 rings (SSSR count). The molecule has 103 valence electrons. The van der Waals surface area contributed by atoms with E-state index >= 15 is 0 Å². The molecule has 0 aromatic rings. The van der Waals surface area contributed by atoms with E-state index in [4.69, 9.17) is 0 Å². The molecule has 0 aliphatic heterocycles. The summed E-state index contributed by atoms with van der Waals surface area (Å²) in [7, 11) is 0. The van der Waals surface area contributed by atoms with Crippen molar-refractivity contribution >= 4 is 0 Å². The van der Waals surface area contributed by atoms with Crippen molar-refractivity contribution in [3.05, 3.63) is 0 Å². The Balaban J connectivity index is 5.24. The van der Waals surface area contributed by atoms with Crippen LogP contribution in [0.4, 0.5) is 39.5 Å². The minimum atomic E-state index is -6.87. The summed E-state index contributed by atoms with van der Waals surface area (Å²) in [6.07, 6.45) is -10.00. The van der Waals surface area contributed by atoms with E-state index in [9.17, 15) is 44.6 Å². The molecule has 0 saturated carbocycles. The van der Waals surface area contributed by atoms with Crippen molar-refractivity contribution in [3.63, 3.8) is 0 Å². The highest BCUT2D eigenvalue weighted by atomic mass is 19.4. The van der Waals surface area contributed by atoms with Gasteiger partial charge < -0.3 is 0 Å². The third-order valence-corrected chi connectivity index (χ3v) is 1.84. The molecule has 1 radical (unpaired) electrons. The average Bonchev–Trinajstić information content (AvgIpc) is 2.12. The van der Waals surface area contributed by atoms with Crippen LogP contribution in [-0.4, -0.2) is 30.6 Å². The molecule has 0 saturated heterocycles. The van der Waals surface area contributed by atoms with Crippen molar-refractivity contribution in [1.29, 1.82) is 0 Å². The van der Waals surface area contributed by atoms with E-state index in [1.54, 1.807) is 0 Å². The van der Waals surface area contributed by atoms with Crippen molar-refractivity contribution < 1.29 is 44.6 Å². The predicted octanol–water partition coefficient (Wildman–Crippen LogP) is 3.67. The number of alkyl halides is 9. The van der Waals surface area contributed by atoms with E-state index in [1.807, 2.05) is 0 Å². The monoisotopic (exact) mass is 277 g/mol. The Kier molecular flexibility index (Phi) is 4.36. The normalized spacial score (nSPS) is 15.2. The van der Waals surface area contributed by atoms with Crippen LogP contribution in [0.25, 0.3) is 0 Å². The summed E-state index contributed by atoms with van der Waals surface area (Å²) in [5.74, 6) is -19.1. The molecule has 0 amide bonds. The van der Waals surface area contributed by atoms with E-state index in [2.05, 4.69) is 0 Å². The van der Waals surface area contributed by atoms with Crippen molar-refractivity contribution in [2.24, 2.45) is 0 Å². The second-order valence-corrected chi connectivity index (χ2v) is 3.16. The molecule has 10 heteroatoms. The molecule has 0 bridgehead atoms. The first kappa shape index (κ1) is 16.3. The van der Waals surface area contributed by atoms with Gasteiger partial charge in [0.15, 0.2) is 0 Å². The third kappa shape index (κ3) is 2.78. The fourth-order valence-electron chi connectivity index (χ4n) is 0.859. The fourth-order valence-corrected chi connectivity index (χ4v) is 0.859. The van der Waals surface area contributed by atoms with E-state index < -0.39 is 43.4 Å². The van der Waals surface area contributed by atoms with Crippen molar-refractivity contribution in [1.82, 2.24) is 0 Å². The smallest absolute Gasteiger partial charge is 0.237 e. The summed E-state index contributed by atoms with van der Waals surface area (Å²) < 4.78 is 109. The summed E-state index contributed by atoms with van der Waals surface area (Å²) in [6, 6.07) is 0. The van der Waals surface area contributed by atoms with Gasteiger partial charge in [-0.1, -0.05) is 0 Å². The molecule has 0 atom stereocenters. The Morgan fingerprint density at radius 3 is 1.41 bits per heavy atom. The lowest BCUT2D eigenvalue weighted by molar-refractivity contribution is -0.396. The molecule has 1 nitrogen and oxygen atoms in total. The average molecular weight is 277 g/mol. The topological polar surface area (TPSA) is 19.9 Å². The highest BCUT2D eigenvalue weighted by Gasteiger charge is 2.81. The quantitative estimate of drug-likeness (QED) is 0.683. The zero-order valence-corrected chi connectivity index (χ0v) is 7.93. The molecule has 0 heterocycles. The third-order valence-electron chi connectivity index (χ3n) is 1.84. The van der Waals surface area contributed by atoms with Gasteiger partial charge in [0.25, 0.3) is 0 Å². The van der Waals surface area contributed by atoms with Crippen LogP contribution >= 0.6 is 0 Å². The standard InChI is InChI=1S/C7H6F9O/c8-4(9,2-1-3-17)5(10,11)6(12,13)7(14,15)16/h1-3H2. The lowest BCUT2D eigenvalue weighted by Crippen LogP contribution is -2.60. The summed E-state index contributed by atoms with van der Waals surface area (Å²) in [5.41, 5.74) is 0. The van der Waals surface area contributed by atoms with E-state index in [-0.39, 0.29) is 0 Å². The van der Waals surface area contributed by atoms with Gasteiger partial charge in [-0.3, -0.25) is 0 Å². The summed E-state index contributed by atoms with van der Waals surface area (Å²) in [4.78, 5) is 0. The number of hydrogen-bond acceptors (Lipinski definition) is 0. The highest BCUT2D eigenvalue weighted by Crippen LogP contribution is 2.54. The molecule has 0 unspecified atom stereocenters. The van der Waals surface area contributed by atoms with Crippen LogP contribution in [0.5, 0.6) is 0 Å². The minimum Gasteiger partial charge on any atom is -0.237 e. The molecule has 0 fully saturated rings. The predicted molar refractivity (Wildman–Crippen MR) is 35.7 cm³/mol. The zero-order chi connectivity index (χ0) is 14.1. The van der Waals surface area contributed by atoms with E-state index in [0.717, 1.165) is 0 Å². The summed E-state index contributed by atoms with van der Waals surface area (Å²) >= 11 is 0. The van der Waals surface area contributed by atoms with Gasteiger partial charge in [-0.2, -0.15) is 39.5 Å². The van der Waals surface area contributed by atoms with Crippen LogP contribution < -0.4 is 0 Å². The molecule has 0 spiro atoms. The van der Waals surface area contributed by atoms with Crippen LogP contribution in [-0.2, 0) is 5.11 Å². The van der Waals surface area contributed by atoms with Crippen molar-refractivity contribution in [2.45, 2.75) is 36.8 Å². The summed E-state index contributed by atoms with van der Waals surface area (Å²) in [5, 5.41) is 9.76. The lowest BCUT2D eigenvalue weighted by Gasteiger charge is -2.33. The Bertz CT molecular complexity index is 257. The second kappa shape index (κ2) is 4.54. The van der Waals surface area contributed by atoms with Gasteiger partial charge in [-0.15, -0.1) is 0 Å². The maximum Gasteiger partial charge on any atom is 0.460 e. The first-order chi connectivity index (χ1) is 7.31. The maximum atomic E-state index is 12.5. The molecule has 0 aromatic heterocycles. The molecular formula is C7H6F9O. The number of rotatable bonds is 5. The van der Waals surface area contributed by atoms with Crippen molar-refractivity contribution in [2.75, 3.05) is 6.61 Å². The van der Waals surface area contributed by atoms with Gasteiger partial charge in [0.2, 0.25) is 0 Å². The first-order valence-electron chi connectivity index (χ1n) is 4.09. The molecule has 0 N–H and O–H groups in total. The highest BCUT2D eigenvalue weighted by molar-refractivity contribution is 5.00. The second-order valence-electron chi connectivity index (χ2n) is 3.16. The van der Waals surface area contributed by atoms with Gasteiger partial charge in [0, 0.05) is 6.42 Å². The lowest BCUT2D eigenvalue weighted by atomic mass is 10.00. The molecule has 0 aliphatic carbocycles. The van der Waals surface area contributed by atoms with Crippen LogP contribution in [0.1, 0.15) is 12.8 Å². The van der Waals surface area contributed by atoms with Crippen LogP contribution in [0.3, 0.4) is 0 Å². The maximum absolute atomic E-state index is 12.5. The van der Waals surface area contributed by atoms with E-state index in [1.165, 1.54) is 0 Å². The Labute approximate surface area is 89.2 Å². The molecule has 0 aromatic carbocycles. The van der Waals surface area contributed by atoms with Crippen LogP contribution in [0.2, 0.25) is 0 Å². The minimum absolute atomic E-state index is 1.14. The zero-order valence-electron chi connectivity index (χ0n) is 7.93. The SMILES string of the molecule is [O]CCCC(F)(F)C(F)(F)C(F)(F)C(F)(F)F. The van der Waals surface area contributed by atoms with Gasteiger partial charge in [-0.25, -0.2) is 5.11 Å². The van der Waals surface area contributed by atoms with Gasteiger partial charge in [0.1, 0.15) is 0 Å². The van der Waals surface area contributed by atoms with Gasteiger partial charge >= 0.3 is 23.9 Å². The van der Waals surface area contributed by atoms with Gasteiger partial charge in [0.05, 0.1) is 6.61 Å². The van der Waals surface area contributed by atoms with Crippen molar-refractivity contribution in [3.8, 4) is 0 Å². The number of halogens is 9.